The molecular formula is C23H23N3O6S. The highest BCUT2D eigenvalue weighted by molar-refractivity contribution is 7.99. The fraction of sp³-hybridized carbons (Fsp3) is 0.304. The number of hydrogen-bond acceptors (Lipinski definition) is 7. The summed E-state index contributed by atoms with van der Waals surface area (Å²) in [6.45, 7) is 3.93. The van der Waals surface area contributed by atoms with Crippen LogP contribution >= 0.6 is 11.8 Å². The van der Waals surface area contributed by atoms with Gasteiger partial charge < -0.3 is 14.7 Å². The molecule has 4 rings (SSSR count). The van der Waals surface area contributed by atoms with Gasteiger partial charge in [0, 0.05) is 62.1 Å². The number of amides is 2. The number of carbonyl (C=O) groups is 2. The van der Waals surface area contributed by atoms with Gasteiger partial charge in [0.1, 0.15) is 0 Å². The molecule has 2 aliphatic rings. The van der Waals surface area contributed by atoms with Crippen LogP contribution in [0.5, 0.6) is 5.75 Å². The summed E-state index contributed by atoms with van der Waals surface area (Å²) in [5.74, 6) is 0.480. The first-order valence-electron chi connectivity index (χ1n) is 10.5. The van der Waals surface area contributed by atoms with Gasteiger partial charge in [-0.3, -0.25) is 19.7 Å². The minimum absolute atomic E-state index is 0.000599. The van der Waals surface area contributed by atoms with Crippen molar-refractivity contribution in [1.82, 2.24) is 9.80 Å². The summed E-state index contributed by atoms with van der Waals surface area (Å²) in [6.07, 6.45) is 3.71. The number of hydrogen-bond donors (Lipinski definition) is 0. The average Bonchev–Trinajstić information content (AvgIpc) is 2.83. The second-order valence-electron chi connectivity index (χ2n) is 7.68. The fourth-order valence-corrected chi connectivity index (χ4v) is 4.63. The zero-order chi connectivity index (χ0) is 23.4. The smallest absolute Gasteiger partial charge is 0.283 e. The van der Waals surface area contributed by atoms with Gasteiger partial charge in [0.25, 0.3) is 5.69 Å². The first kappa shape index (κ1) is 22.8. The lowest BCUT2D eigenvalue weighted by Gasteiger charge is -2.33. The van der Waals surface area contributed by atoms with Crippen molar-refractivity contribution >= 4 is 35.3 Å². The topological polar surface area (TPSA) is 102 Å². The molecule has 0 spiro atoms. The van der Waals surface area contributed by atoms with Crippen molar-refractivity contribution in [1.29, 1.82) is 0 Å². The highest BCUT2D eigenvalue weighted by atomic mass is 32.2. The molecule has 1 saturated heterocycles. The molecular weight excluding hydrogens is 446 g/mol. The number of fused-ring (bicyclic) bond motifs is 1. The van der Waals surface area contributed by atoms with Crippen LogP contribution < -0.4 is 4.89 Å². The van der Waals surface area contributed by atoms with Gasteiger partial charge in [0.15, 0.2) is 5.75 Å². The normalized spacial score (nSPS) is 15.8. The maximum absolute atomic E-state index is 12.5. The Morgan fingerprint density at radius 2 is 1.85 bits per heavy atom. The van der Waals surface area contributed by atoms with Crippen LogP contribution in [-0.4, -0.2) is 59.3 Å². The molecule has 0 N–H and O–H groups in total. The molecule has 0 bridgehead atoms. The first-order chi connectivity index (χ1) is 15.9. The quantitative estimate of drug-likeness (QED) is 0.286. The SMILES string of the molecule is CC(=O)N1CCN(C(=O)C=Cc2ccc(Sc3ccc4c(c3)CCOO4)c([N+](=O)[O-])c2)CC1. The molecule has 1 fully saturated rings. The number of benzene rings is 2. The lowest BCUT2D eigenvalue weighted by Crippen LogP contribution is -2.49. The molecule has 0 saturated carbocycles. The van der Waals surface area contributed by atoms with Crippen LogP contribution in [0.4, 0.5) is 5.69 Å². The lowest BCUT2D eigenvalue weighted by atomic mass is 10.1. The highest BCUT2D eigenvalue weighted by Crippen LogP contribution is 2.38. The van der Waals surface area contributed by atoms with Crippen molar-refractivity contribution in [3.63, 3.8) is 0 Å². The van der Waals surface area contributed by atoms with E-state index in [9.17, 15) is 19.7 Å². The van der Waals surface area contributed by atoms with E-state index < -0.39 is 4.92 Å². The molecule has 2 aliphatic heterocycles. The van der Waals surface area contributed by atoms with Gasteiger partial charge >= 0.3 is 0 Å². The second kappa shape index (κ2) is 10.1. The average molecular weight is 470 g/mol. The number of piperazine rings is 1. The van der Waals surface area contributed by atoms with Crippen molar-refractivity contribution in [2.75, 3.05) is 32.8 Å². The molecule has 0 unspecified atom stereocenters. The van der Waals surface area contributed by atoms with Crippen molar-refractivity contribution in [2.24, 2.45) is 0 Å². The number of rotatable bonds is 5. The van der Waals surface area contributed by atoms with E-state index in [1.54, 1.807) is 34.1 Å². The Hall–Kier alpha value is -3.37. The summed E-state index contributed by atoms with van der Waals surface area (Å²) in [4.78, 5) is 50.0. The second-order valence-corrected chi connectivity index (χ2v) is 8.79. The van der Waals surface area contributed by atoms with E-state index in [2.05, 4.69) is 0 Å². The van der Waals surface area contributed by atoms with Gasteiger partial charge in [-0.1, -0.05) is 17.8 Å². The predicted octanol–water partition coefficient (Wildman–Crippen LogP) is 3.32. The molecule has 2 aromatic rings. The van der Waals surface area contributed by atoms with Crippen molar-refractivity contribution in [2.45, 2.75) is 23.1 Å². The lowest BCUT2D eigenvalue weighted by molar-refractivity contribution is -0.387. The van der Waals surface area contributed by atoms with Crippen LogP contribution in [0.25, 0.3) is 6.08 Å². The monoisotopic (exact) mass is 469 g/mol. The molecule has 2 amide bonds. The van der Waals surface area contributed by atoms with E-state index >= 15 is 0 Å². The number of nitro benzene ring substituents is 1. The van der Waals surface area contributed by atoms with Crippen LogP contribution in [-0.2, 0) is 20.9 Å². The van der Waals surface area contributed by atoms with Crippen LogP contribution in [0.2, 0.25) is 0 Å². The molecule has 0 atom stereocenters. The van der Waals surface area contributed by atoms with Crippen LogP contribution in [0.15, 0.2) is 52.3 Å². The Morgan fingerprint density at radius 3 is 2.58 bits per heavy atom. The van der Waals surface area contributed by atoms with Gasteiger partial charge in [0.05, 0.1) is 16.4 Å². The fourth-order valence-electron chi connectivity index (χ4n) is 3.66. The van der Waals surface area contributed by atoms with Gasteiger partial charge in [-0.15, -0.1) is 0 Å². The molecule has 10 heteroatoms. The summed E-state index contributed by atoms with van der Waals surface area (Å²) in [5, 5.41) is 11.7. The summed E-state index contributed by atoms with van der Waals surface area (Å²) >= 11 is 1.30. The van der Waals surface area contributed by atoms with Gasteiger partial charge in [-0.2, -0.15) is 4.89 Å². The number of nitro groups is 1. The van der Waals surface area contributed by atoms with Gasteiger partial charge in [-0.05, 0) is 35.9 Å². The highest BCUT2D eigenvalue weighted by Gasteiger charge is 2.21. The summed E-state index contributed by atoms with van der Waals surface area (Å²) in [5.41, 5.74) is 1.54. The standard InChI is InChI=1S/C23H23N3O6S/c1-16(27)24-9-11-25(12-10-24)23(28)7-3-17-2-6-22(20(14-17)26(29)30)33-19-4-5-21-18(15-19)8-13-31-32-21/h2-7,14-15H,8-13H2,1H3. The molecule has 9 nitrogen and oxygen atoms in total. The summed E-state index contributed by atoms with van der Waals surface area (Å²) < 4.78 is 0. The van der Waals surface area contributed by atoms with Crippen molar-refractivity contribution in [3.8, 4) is 5.75 Å². The third-order valence-electron chi connectivity index (χ3n) is 5.50. The van der Waals surface area contributed by atoms with E-state index in [1.807, 2.05) is 12.1 Å². The Labute approximate surface area is 195 Å². The molecule has 172 valence electrons. The molecule has 33 heavy (non-hydrogen) atoms. The third-order valence-corrected chi connectivity index (χ3v) is 6.55. The molecule has 2 aromatic carbocycles. The summed E-state index contributed by atoms with van der Waals surface area (Å²) in [7, 11) is 0. The van der Waals surface area contributed by atoms with Crippen molar-refractivity contribution in [3.05, 3.63) is 63.7 Å². The third kappa shape index (κ3) is 5.52. The Morgan fingerprint density at radius 1 is 1.09 bits per heavy atom. The maximum atomic E-state index is 12.5. The van der Waals surface area contributed by atoms with E-state index in [0.29, 0.717) is 55.4 Å². The summed E-state index contributed by atoms with van der Waals surface area (Å²) in [6, 6.07) is 10.5. The Kier molecular flexibility index (Phi) is 6.95. The van der Waals surface area contributed by atoms with E-state index in [-0.39, 0.29) is 17.5 Å². The maximum Gasteiger partial charge on any atom is 0.283 e. The van der Waals surface area contributed by atoms with E-state index in [1.165, 1.54) is 30.8 Å². The zero-order valence-corrected chi connectivity index (χ0v) is 18.9. The molecule has 0 aliphatic carbocycles. The minimum atomic E-state index is -0.419. The zero-order valence-electron chi connectivity index (χ0n) is 18.1. The van der Waals surface area contributed by atoms with Crippen LogP contribution in [0.1, 0.15) is 18.1 Å². The minimum Gasteiger partial charge on any atom is -0.339 e. The van der Waals surface area contributed by atoms with Gasteiger partial charge in [-0.25, -0.2) is 0 Å². The van der Waals surface area contributed by atoms with E-state index in [4.69, 9.17) is 9.78 Å². The largest absolute Gasteiger partial charge is 0.339 e. The van der Waals surface area contributed by atoms with E-state index in [0.717, 1.165) is 10.5 Å². The van der Waals surface area contributed by atoms with Gasteiger partial charge in [0.2, 0.25) is 11.8 Å². The Balaban J connectivity index is 1.45. The molecule has 0 aromatic heterocycles. The number of nitrogens with zero attached hydrogens (tertiary/aromatic N) is 3. The number of carbonyl (C=O) groups excluding carboxylic acids is 2. The van der Waals surface area contributed by atoms with Crippen LogP contribution in [0, 0.1) is 10.1 Å². The first-order valence-corrected chi connectivity index (χ1v) is 11.3. The molecule has 0 radical (unpaired) electrons. The van der Waals surface area contributed by atoms with Crippen molar-refractivity contribution < 1.29 is 24.3 Å². The Bertz CT molecular complexity index is 1110. The predicted molar refractivity (Wildman–Crippen MR) is 122 cm³/mol. The van der Waals surface area contributed by atoms with Crippen LogP contribution in [0.3, 0.4) is 0 Å². The molecule has 2 heterocycles.